The van der Waals surface area contributed by atoms with Gasteiger partial charge in [0.15, 0.2) is 0 Å². The van der Waals surface area contributed by atoms with Crippen molar-refractivity contribution in [3.05, 3.63) is 0 Å². The molecule has 118 valence electrons. The second-order valence-corrected chi connectivity index (χ2v) is 6.95. The highest BCUT2D eigenvalue weighted by Gasteiger charge is 2.27. The second kappa shape index (κ2) is 8.35. The van der Waals surface area contributed by atoms with E-state index >= 15 is 0 Å². The first-order chi connectivity index (χ1) is 9.70. The van der Waals surface area contributed by atoms with Crippen molar-refractivity contribution in [2.45, 2.75) is 71.0 Å². The summed E-state index contributed by atoms with van der Waals surface area (Å²) in [5.74, 6) is 2.40. The number of aliphatic hydroxyl groups is 1. The molecular formula is C17H33NO2. The fraction of sp³-hybridized carbons (Fsp3) is 1.00. The minimum atomic E-state index is -0.360. The van der Waals surface area contributed by atoms with Crippen molar-refractivity contribution < 1.29 is 9.84 Å². The van der Waals surface area contributed by atoms with E-state index in [1.54, 1.807) is 0 Å². The highest BCUT2D eigenvalue weighted by Crippen LogP contribution is 2.36. The van der Waals surface area contributed by atoms with Gasteiger partial charge in [-0.2, -0.15) is 0 Å². The van der Waals surface area contributed by atoms with Crippen LogP contribution in [0.1, 0.15) is 58.8 Å². The maximum Gasteiger partial charge on any atom is 0.0897 e. The van der Waals surface area contributed by atoms with E-state index in [0.29, 0.717) is 25.2 Å². The lowest BCUT2D eigenvalue weighted by Gasteiger charge is -2.31. The Morgan fingerprint density at radius 1 is 1.15 bits per heavy atom. The van der Waals surface area contributed by atoms with Crippen LogP contribution in [0.25, 0.3) is 0 Å². The van der Waals surface area contributed by atoms with Crippen molar-refractivity contribution >= 4 is 0 Å². The Morgan fingerprint density at radius 2 is 1.90 bits per heavy atom. The van der Waals surface area contributed by atoms with Crippen LogP contribution in [0.3, 0.4) is 0 Å². The molecule has 2 N–H and O–H groups in total. The third kappa shape index (κ3) is 5.34. The van der Waals surface area contributed by atoms with E-state index in [4.69, 9.17) is 4.74 Å². The molecule has 0 spiro atoms. The van der Waals surface area contributed by atoms with E-state index in [9.17, 15) is 5.11 Å². The minimum Gasteiger partial charge on any atom is -0.389 e. The molecule has 0 heterocycles. The molecule has 2 aliphatic rings. The summed E-state index contributed by atoms with van der Waals surface area (Å²) >= 11 is 0. The average molecular weight is 283 g/mol. The Balaban J connectivity index is 1.55. The van der Waals surface area contributed by atoms with Crippen molar-refractivity contribution in [1.82, 2.24) is 5.32 Å². The molecule has 3 heteroatoms. The first kappa shape index (κ1) is 16.3. The zero-order valence-electron chi connectivity index (χ0n) is 13.3. The summed E-state index contributed by atoms with van der Waals surface area (Å²) in [6, 6.07) is 0. The molecule has 2 rings (SSSR count). The molecule has 20 heavy (non-hydrogen) atoms. The second-order valence-electron chi connectivity index (χ2n) is 6.95. The van der Waals surface area contributed by atoms with Crippen LogP contribution in [0.5, 0.6) is 0 Å². The van der Waals surface area contributed by atoms with Gasteiger partial charge in [-0.25, -0.2) is 0 Å². The summed E-state index contributed by atoms with van der Waals surface area (Å²) in [7, 11) is 0. The lowest BCUT2D eigenvalue weighted by molar-refractivity contribution is -0.0499. The minimum absolute atomic E-state index is 0.360. The van der Waals surface area contributed by atoms with E-state index in [1.807, 2.05) is 0 Å². The number of rotatable bonds is 9. The molecule has 0 amide bonds. The fourth-order valence-electron chi connectivity index (χ4n) is 3.46. The summed E-state index contributed by atoms with van der Waals surface area (Å²) in [5, 5.41) is 13.4. The molecular weight excluding hydrogens is 250 g/mol. The van der Waals surface area contributed by atoms with Gasteiger partial charge in [-0.3, -0.25) is 0 Å². The van der Waals surface area contributed by atoms with Crippen molar-refractivity contribution in [3.8, 4) is 0 Å². The van der Waals surface area contributed by atoms with E-state index in [-0.39, 0.29) is 6.10 Å². The van der Waals surface area contributed by atoms with Gasteiger partial charge in [-0.1, -0.05) is 33.1 Å². The SMILES string of the molecule is CCC1CCCCC1OCC(O)CNCC(C)C1CC1. The topological polar surface area (TPSA) is 41.5 Å². The van der Waals surface area contributed by atoms with Crippen LogP contribution in [-0.2, 0) is 4.74 Å². The lowest BCUT2D eigenvalue weighted by Crippen LogP contribution is -2.36. The molecule has 0 aromatic carbocycles. The molecule has 0 aliphatic heterocycles. The van der Waals surface area contributed by atoms with Gasteiger partial charge in [0.2, 0.25) is 0 Å². The van der Waals surface area contributed by atoms with Crippen LogP contribution in [0.4, 0.5) is 0 Å². The third-order valence-electron chi connectivity index (χ3n) is 5.14. The third-order valence-corrected chi connectivity index (χ3v) is 5.14. The first-order valence-corrected chi connectivity index (χ1v) is 8.71. The molecule has 2 fully saturated rings. The molecule has 0 aromatic heterocycles. The maximum absolute atomic E-state index is 10.0. The van der Waals surface area contributed by atoms with Gasteiger partial charge in [0.25, 0.3) is 0 Å². The van der Waals surface area contributed by atoms with Crippen LogP contribution in [0.2, 0.25) is 0 Å². The van der Waals surface area contributed by atoms with E-state index in [1.165, 1.54) is 44.9 Å². The number of hydrogen-bond donors (Lipinski definition) is 2. The zero-order chi connectivity index (χ0) is 14.4. The molecule has 3 nitrogen and oxygen atoms in total. The molecule has 0 aromatic rings. The molecule has 4 unspecified atom stereocenters. The Bertz CT molecular complexity index is 268. The monoisotopic (exact) mass is 283 g/mol. The molecule has 4 atom stereocenters. The Morgan fingerprint density at radius 3 is 2.60 bits per heavy atom. The normalized spacial score (nSPS) is 30.1. The predicted molar refractivity (Wildman–Crippen MR) is 82.8 cm³/mol. The largest absolute Gasteiger partial charge is 0.389 e. The zero-order valence-corrected chi connectivity index (χ0v) is 13.3. The van der Waals surface area contributed by atoms with Crippen molar-refractivity contribution in [2.24, 2.45) is 17.8 Å². The van der Waals surface area contributed by atoms with Crippen LogP contribution in [-0.4, -0.2) is 37.0 Å². The van der Waals surface area contributed by atoms with Crippen LogP contribution in [0, 0.1) is 17.8 Å². The van der Waals surface area contributed by atoms with Gasteiger partial charge in [-0.05, 0) is 50.0 Å². The molecule has 0 saturated heterocycles. The van der Waals surface area contributed by atoms with Gasteiger partial charge in [0.1, 0.15) is 0 Å². The average Bonchev–Trinajstić information content (AvgIpc) is 3.30. The van der Waals surface area contributed by atoms with E-state index in [2.05, 4.69) is 19.2 Å². The quantitative estimate of drug-likeness (QED) is 0.683. The van der Waals surface area contributed by atoms with Gasteiger partial charge in [-0.15, -0.1) is 0 Å². The summed E-state index contributed by atoms with van der Waals surface area (Å²) in [4.78, 5) is 0. The van der Waals surface area contributed by atoms with Gasteiger partial charge in [0, 0.05) is 6.54 Å². The van der Waals surface area contributed by atoms with Crippen molar-refractivity contribution in [1.29, 1.82) is 0 Å². The standard InChI is InChI=1S/C17H33NO2/c1-3-14-6-4-5-7-17(14)20-12-16(19)11-18-10-13(2)15-8-9-15/h13-19H,3-12H2,1-2H3. The molecule has 0 radical (unpaired) electrons. The van der Waals surface area contributed by atoms with E-state index in [0.717, 1.165) is 18.4 Å². The van der Waals surface area contributed by atoms with Gasteiger partial charge in [0.05, 0.1) is 18.8 Å². The Hall–Kier alpha value is -0.120. The summed E-state index contributed by atoms with van der Waals surface area (Å²) in [6.07, 6.45) is 9.14. The predicted octanol–water partition coefficient (Wildman–Crippen LogP) is 2.97. The molecule has 0 bridgehead atoms. The summed E-state index contributed by atoms with van der Waals surface area (Å²) in [5.41, 5.74) is 0. The highest BCUT2D eigenvalue weighted by molar-refractivity contribution is 4.80. The number of nitrogens with one attached hydrogen (secondary N) is 1. The number of ether oxygens (including phenoxy) is 1. The van der Waals surface area contributed by atoms with Crippen LogP contribution < -0.4 is 5.32 Å². The lowest BCUT2D eigenvalue weighted by atomic mass is 9.85. The molecule has 2 aliphatic carbocycles. The highest BCUT2D eigenvalue weighted by atomic mass is 16.5. The fourth-order valence-corrected chi connectivity index (χ4v) is 3.46. The van der Waals surface area contributed by atoms with Crippen molar-refractivity contribution in [2.75, 3.05) is 19.7 Å². The van der Waals surface area contributed by atoms with E-state index < -0.39 is 0 Å². The Kier molecular flexibility index (Phi) is 6.79. The summed E-state index contributed by atoms with van der Waals surface area (Å²) in [6.45, 7) is 6.75. The van der Waals surface area contributed by atoms with Crippen LogP contribution >= 0.6 is 0 Å². The van der Waals surface area contributed by atoms with Gasteiger partial charge < -0.3 is 15.2 Å². The number of hydrogen-bond acceptors (Lipinski definition) is 3. The van der Waals surface area contributed by atoms with Crippen LogP contribution in [0.15, 0.2) is 0 Å². The van der Waals surface area contributed by atoms with Gasteiger partial charge >= 0.3 is 0 Å². The number of aliphatic hydroxyl groups excluding tert-OH is 1. The Labute approximate surface area is 124 Å². The smallest absolute Gasteiger partial charge is 0.0897 e. The van der Waals surface area contributed by atoms with Crippen molar-refractivity contribution in [3.63, 3.8) is 0 Å². The maximum atomic E-state index is 10.0. The summed E-state index contributed by atoms with van der Waals surface area (Å²) < 4.78 is 5.98. The molecule has 2 saturated carbocycles. The first-order valence-electron chi connectivity index (χ1n) is 8.71.